The number of hydrogen-bond acceptors (Lipinski definition) is 9. The molecule has 1 fully saturated rings. The molecular formula is C31H35ClN4O8S. The molecule has 0 aliphatic carbocycles. The molecule has 1 aliphatic heterocycles. The standard InChI is InChI=1S/C31H35ClN4O8S/c1-20-13-21(2)31(22(3)14-20)35-29(37)18-43-26-8-5-23(15-27(26)41-4)17-33-44-19-30(38)34-24-6-7-25(32)28(16-24)45(39,40)36-9-11-42-12-10-36/h5-8,13-17H,9-12,18-19H2,1-4H3,(H,34,38)(H,35,37)/b33-17-. The Morgan fingerprint density at radius 1 is 0.956 bits per heavy atom. The molecular weight excluding hydrogens is 624 g/mol. The second-order valence-corrected chi connectivity index (χ2v) is 12.6. The van der Waals surface area contributed by atoms with Crippen LogP contribution in [0.25, 0.3) is 0 Å². The summed E-state index contributed by atoms with van der Waals surface area (Å²) in [5, 5.41) is 9.34. The fraction of sp³-hybridized carbons (Fsp3) is 0.323. The number of halogens is 1. The molecule has 14 heteroatoms. The molecule has 0 atom stereocenters. The molecule has 0 unspecified atom stereocenters. The van der Waals surface area contributed by atoms with Gasteiger partial charge in [0.15, 0.2) is 24.7 Å². The molecule has 12 nitrogen and oxygen atoms in total. The summed E-state index contributed by atoms with van der Waals surface area (Å²) in [4.78, 5) is 30.0. The summed E-state index contributed by atoms with van der Waals surface area (Å²) in [5.74, 6) is -0.129. The molecule has 3 aromatic carbocycles. The van der Waals surface area contributed by atoms with Gasteiger partial charge in [-0.1, -0.05) is 34.5 Å². The average molecular weight is 659 g/mol. The summed E-state index contributed by atoms with van der Waals surface area (Å²) < 4.78 is 43.6. The van der Waals surface area contributed by atoms with Crippen LogP contribution in [0.2, 0.25) is 5.02 Å². The van der Waals surface area contributed by atoms with E-state index in [2.05, 4.69) is 15.8 Å². The van der Waals surface area contributed by atoms with E-state index in [0.29, 0.717) is 30.3 Å². The van der Waals surface area contributed by atoms with Crippen LogP contribution in [0.1, 0.15) is 22.3 Å². The maximum absolute atomic E-state index is 13.0. The van der Waals surface area contributed by atoms with Gasteiger partial charge in [-0.3, -0.25) is 9.59 Å². The Morgan fingerprint density at radius 3 is 2.33 bits per heavy atom. The molecule has 3 aromatic rings. The van der Waals surface area contributed by atoms with E-state index < -0.39 is 22.5 Å². The number of sulfonamides is 1. The number of benzene rings is 3. The number of anilines is 2. The lowest BCUT2D eigenvalue weighted by Crippen LogP contribution is -2.40. The molecule has 4 rings (SSSR count). The SMILES string of the molecule is COc1cc(/C=N\OCC(=O)Nc2ccc(Cl)c(S(=O)(=O)N3CCOCC3)c2)ccc1OCC(=O)Nc1c(C)cc(C)cc1C. The maximum atomic E-state index is 13.0. The summed E-state index contributed by atoms with van der Waals surface area (Å²) >= 11 is 6.18. The van der Waals surface area contributed by atoms with E-state index in [0.717, 1.165) is 22.4 Å². The van der Waals surface area contributed by atoms with Crippen molar-refractivity contribution in [3.63, 3.8) is 0 Å². The van der Waals surface area contributed by atoms with Crippen LogP contribution in [0.4, 0.5) is 11.4 Å². The van der Waals surface area contributed by atoms with Crippen LogP contribution in [-0.2, 0) is 29.2 Å². The van der Waals surface area contributed by atoms with Gasteiger partial charge in [-0.15, -0.1) is 0 Å². The van der Waals surface area contributed by atoms with E-state index in [1.807, 2.05) is 32.9 Å². The minimum absolute atomic E-state index is 0.0443. The van der Waals surface area contributed by atoms with Gasteiger partial charge in [0, 0.05) is 30.0 Å². The number of amides is 2. The number of rotatable bonds is 12. The lowest BCUT2D eigenvalue weighted by molar-refractivity contribution is -0.120. The quantitative estimate of drug-likeness (QED) is 0.217. The van der Waals surface area contributed by atoms with Crippen LogP contribution in [0.5, 0.6) is 11.5 Å². The monoisotopic (exact) mass is 658 g/mol. The van der Waals surface area contributed by atoms with Gasteiger partial charge in [0.05, 0.1) is 31.6 Å². The van der Waals surface area contributed by atoms with Crippen molar-refractivity contribution in [1.29, 1.82) is 0 Å². The number of carbonyl (C=O) groups excluding carboxylic acids is 2. The van der Waals surface area contributed by atoms with Gasteiger partial charge in [0.25, 0.3) is 11.8 Å². The number of nitrogens with one attached hydrogen (secondary N) is 2. The number of nitrogens with zero attached hydrogens (tertiary/aromatic N) is 2. The highest BCUT2D eigenvalue weighted by Crippen LogP contribution is 2.29. The van der Waals surface area contributed by atoms with Crippen molar-refractivity contribution in [2.45, 2.75) is 25.7 Å². The van der Waals surface area contributed by atoms with E-state index >= 15 is 0 Å². The Morgan fingerprint density at radius 2 is 1.64 bits per heavy atom. The van der Waals surface area contributed by atoms with E-state index in [4.69, 9.17) is 30.6 Å². The topological polar surface area (TPSA) is 145 Å². The third-order valence-electron chi connectivity index (χ3n) is 6.76. The molecule has 0 aromatic heterocycles. The second-order valence-electron chi connectivity index (χ2n) is 10.2. The zero-order valence-corrected chi connectivity index (χ0v) is 27.0. The molecule has 0 spiro atoms. The third-order valence-corrected chi connectivity index (χ3v) is 9.14. The number of aryl methyl sites for hydroxylation is 3. The predicted octanol–water partition coefficient (Wildman–Crippen LogP) is 4.30. The molecule has 2 N–H and O–H groups in total. The molecule has 1 aliphatic rings. The van der Waals surface area contributed by atoms with Gasteiger partial charge in [-0.2, -0.15) is 4.31 Å². The Bertz CT molecular complexity index is 1670. The molecule has 0 saturated carbocycles. The first-order chi connectivity index (χ1) is 21.5. The van der Waals surface area contributed by atoms with Gasteiger partial charge in [-0.05, 0) is 68.3 Å². The Hall–Kier alpha value is -4.17. The molecule has 2 amide bonds. The largest absolute Gasteiger partial charge is 0.493 e. The van der Waals surface area contributed by atoms with Gasteiger partial charge in [-0.25, -0.2) is 8.42 Å². The zero-order chi connectivity index (χ0) is 32.6. The number of methoxy groups -OCH3 is 1. The Labute approximate surface area is 267 Å². The first kappa shape index (κ1) is 33.7. The molecule has 240 valence electrons. The van der Waals surface area contributed by atoms with Crippen LogP contribution >= 0.6 is 11.6 Å². The zero-order valence-electron chi connectivity index (χ0n) is 25.4. The highest BCUT2D eigenvalue weighted by Gasteiger charge is 2.28. The normalized spacial score (nSPS) is 13.8. The van der Waals surface area contributed by atoms with E-state index in [1.165, 1.54) is 35.8 Å². The fourth-order valence-electron chi connectivity index (χ4n) is 4.68. The highest BCUT2D eigenvalue weighted by molar-refractivity contribution is 7.89. The lowest BCUT2D eigenvalue weighted by atomic mass is 10.1. The van der Waals surface area contributed by atoms with Crippen molar-refractivity contribution < 1.29 is 37.1 Å². The molecule has 0 bridgehead atoms. The number of ether oxygens (including phenoxy) is 3. The lowest BCUT2D eigenvalue weighted by Gasteiger charge is -2.26. The number of morpholine rings is 1. The average Bonchev–Trinajstić information content (AvgIpc) is 3.01. The minimum atomic E-state index is -3.86. The van der Waals surface area contributed by atoms with Crippen molar-refractivity contribution >= 4 is 51.0 Å². The Balaban J connectivity index is 1.29. The second kappa shape index (κ2) is 15.2. The first-order valence-corrected chi connectivity index (χ1v) is 15.8. The van der Waals surface area contributed by atoms with Crippen LogP contribution < -0.4 is 20.1 Å². The third kappa shape index (κ3) is 8.94. The number of oxime groups is 1. The van der Waals surface area contributed by atoms with Crippen molar-refractivity contribution in [3.05, 3.63) is 75.8 Å². The molecule has 1 heterocycles. The van der Waals surface area contributed by atoms with Crippen molar-refractivity contribution in [1.82, 2.24) is 4.31 Å². The number of hydrogen-bond donors (Lipinski definition) is 2. The molecule has 45 heavy (non-hydrogen) atoms. The van der Waals surface area contributed by atoms with Gasteiger partial charge in [0.1, 0.15) is 4.90 Å². The number of carbonyl (C=O) groups is 2. The summed E-state index contributed by atoms with van der Waals surface area (Å²) in [6.07, 6.45) is 1.38. The van der Waals surface area contributed by atoms with Crippen molar-refractivity contribution in [3.8, 4) is 11.5 Å². The van der Waals surface area contributed by atoms with E-state index in [9.17, 15) is 18.0 Å². The van der Waals surface area contributed by atoms with Crippen molar-refractivity contribution in [2.24, 2.45) is 5.16 Å². The highest BCUT2D eigenvalue weighted by atomic mass is 35.5. The van der Waals surface area contributed by atoms with E-state index in [1.54, 1.807) is 18.2 Å². The summed E-state index contributed by atoms with van der Waals surface area (Å²) in [6.45, 7) is 6.25. The van der Waals surface area contributed by atoms with Crippen LogP contribution in [-0.4, -0.2) is 77.4 Å². The fourth-order valence-corrected chi connectivity index (χ4v) is 6.58. The van der Waals surface area contributed by atoms with E-state index in [-0.39, 0.29) is 41.2 Å². The van der Waals surface area contributed by atoms with Gasteiger partial charge >= 0.3 is 0 Å². The van der Waals surface area contributed by atoms with Crippen LogP contribution in [0.15, 0.2) is 58.6 Å². The summed E-state index contributed by atoms with van der Waals surface area (Å²) in [5.41, 5.74) is 4.64. The predicted molar refractivity (Wildman–Crippen MR) is 171 cm³/mol. The van der Waals surface area contributed by atoms with Gasteiger partial charge in [0.2, 0.25) is 10.0 Å². The Kier molecular flexibility index (Phi) is 11.4. The molecule has 1 saturated heterocycles. The maximum Gasteiger partial charge on any atom is 0.265 e. The van der Waals surface area contributed by atoms with Crippen LogP contribution in [0.3, 0.4) is 0 Å². The first-order valence-electron chi connectivity index (χ1n) is 14.0. The summed E-state index contributed by atoms with van der Waals surface area (Å²) in [6, 6.07) is 13.2. The smallest absolute Gasteiger partial charge is 0.265 e. The van der Waals surface area contributed by atoms with Crippen molar-refractivity contribution in [2.75, 3.05) is 57.3 Å². The minimum Gasteiger partial charge on any atom is -0.493 e. The molecule has 0 radical (unpaired) electrons. The van der Waals surface area contributed by atoms with Gasteiger partial charge < -0.3 is 29.7 Å². The summed E-state index contributed by atoms with van der Waals surface area (Å²) in [7, 11) is -2.39. The van der Waals surface area contributed by atoms with Crippen LogP contribution in [0, 0.1) is 20.8 Å².